The van der Waals surface area contributed by atoms with Gasteiger partial charge in [0.2, 0.25) is 0 Å². The normalized spacial score (nSPS) is 11.0. The molecule has 0 unspecified atom stereocenters. The van der Waals surface area contributed by atoms with Crippen LogP contribution in [-0.4, -0.2) is 37.5 Å². The number of amides is 1. The predicted molar refractivity (Wildman–Crippen MR) is 105 cm³/mol. The summed E-state index contributed by atoms with van der Waals surface area (Å²) in [6.45, 7) is 2.32. The summed E-state index contributed by atoms with van der Waals surface area (Å²) in [6.07, 6.45) is 0. The molecule has 0 aliphatic carbocycles. The van der Waals surface area contributed by atoms with E-state index in [-0.39, 0.29) is 29.3 Å². The van der Waals surface area contributed by atoms with E-state index in [0.29, 0.717) is 34.0 Å². The van der Waals surface area contributed by atoms with Crippen LogP contribution in [0.3, 0.4) is 0 Å². The van der Waals surface area contributed by atoms with Gasteiger partial charge in [-0.05, 0) is 25.1 Å². The minimum atomic E-state index is -0.356. The van der Waals surface area contributed by atoms with Gasteiger partial charge in [0, 0.05) is 11.9 Å². The van der Waals surface area contributed by atoms with Gasteiger partial charge in [0.25, 0.3) is 17.0 Å². The van der Waals surface area contributed by atoms with Crippen molar-refractivity contribution in [3.05, 3.63) is 80.8 Å². The largest absolute Gasteiger partial charge is 0.330 e. The second-order valence-corrected chi connectivity index (χ2v) is 6.30. The molecule has 28 heavy (non-hydrogen) atoms. The van der Waals surface area contributed by atoms with Gasteiger partial charge in [-0.25, -0.2) is 10.1 Å². The van der Waals surface area contributed by atoms with E-state index in [1.807, 2.05) is 6.92 Å². The van der Waals surface area contributed by atoms with E-state index < -0.39 is 0 Å². The van der Waals surface area contributed by atoms with Crippen LogP contribution < -0.4 is 11.1 Å². The topological polar surface area (TPSA) is 112 Å². The standard InChI is InChI=1S/C20H17N5O3/c1-2-25(11-16-21-15-10-6-5-9-14(15)18(26)22-16)20(28)17-12-7-3-4-8-13(12)19(27)24-23-17/h3-10H,2,11H2,1H3,(H,24,27)(H,21,22,26). The monoisotopic (exact) mass is 375 g/mol. The van der Waals surface area contributed by atoms with Crippen molar-refractivity contribution in [2.24, 2.45) is 0 Å². The number of carbonyl (C=O) groups excluding carboxylic acids is 1. The van der Waals surface area contributed by atoms with Crippen molar-refractivity contribution in [1.29, 1.82) is 0 Å². The third kappa shape index (κ3) is 3.05. The molecule has 0 atom stereocenters. The SMILES string of the molecule is CCN(Cc1nc2ccccc2c(=O)[nH]1)C(=O)c1n[nH]c(=O)c2ccccc12. The first-order chi connectivity index (χ1) is 13.6. The lowest BCUT2D eigenvalue weighted by Crippen LogP contribution is -2.33. The number of H-pyrrole nitrogens is 2. The predicted octanol–water partition coefficient (Wildman–Crippen LogP) is 1.82. The summed E-state index contributed by atoms with van der Waals surface area (Å²) < 4.78 is 0. The van der Waals surface area contributed by atoms with Crippen LogP contribution >= 0.6 is 0 Å². The lowest BCUT2D eigenvalue weighted by atomic mass is 10.1. The van der Waals surface area contributed by atoms with Crippen LogP contribution in [0.15, 0.2) is 58.1 Å². The van der Waals surface area contributed by atoms with Gasteiger partial charge in [0.15, 0.2) is 5.69 Å². The molecule has 4 rings (SSSR count). The molecule has 0 saturated heterocycles. The number of carbonyl (C=O) groups is 1. The first kappa shape index (κ1) is 17.6. The molecule has 1 amide bonds. The van der Waals surface area contributed by atoms with Gasteiger partial charge in [-0.15, -0.1) is 0 Å². The molecule has 2 N–H and O–H groups in total. The van der Waals surface area contributed by atoms with E-state index in [0.717, 1.165) is 0 Å². The average molecular weight is 375 g/mol. The fraction of sp³-hybridized carbons (Fsp3) is 0.150. The van der Waals surface area contributed by atoms with Gasteiger partial charge >= 0.3 is 0 Å². The highest BCUT2D eigenvalue weighted by Crippen LogP contribution is 2.15. The maximum absolute atomic E-state index is 13.1. The summed E-state index contributed by atoms with van der Waals surface area (Å²) in [5.41, 5.74) is 0.116. The molecule has 2 heterocycles. The van der Waals surface area contributed by atoms with Crippen molar-refractivity contribution < 1.29 is 4.79 Å². The van der Waals surface area contributed by atoms with Crippen molar-refractivity contribution in [2.45, 2.75) is 13.5 Å². The lowest BCUT2D eigenvalue weighted by Gasteiger charge is -2.20. The molecule has 0 bridgehead atoms. The van der Waals surface area contributed by atoms with Crippen LogP contribution in [0.1, 0.15) is 23.2 Å². The van der Waals surface area contributed by atoms with E-state index in [9.17, 15) is 14.4 Å². The number of benzene rings is 2. The Hall–Kier alpha value is -3.81. The average Bonchev–Trinajstić information content (AvgIpc) is 2.72. The Morgan fingerprint density at radius 2 is 1.64 bits per heavy atom. The van der Waals surface area contributed by atoms with Crippen molar-refractivity contribution in [2.75, 3.05) is 6.54 Å². The number of para-hydroxylation sites is 1. The molecule has 0 saturated carbocycles. The fourth-order valence-electron chi connectivity index (χ4n) is 3.15. The maximum Gasteiger partial charge on any atom is 0.275 e. The van der Waals surface area contributed by atoms with Gasteiger partial charge in [0.1, 0.15) is 5.82 Å². The third-order valence-corrected chi connectivity index (χ3v) is 4.57. The fourth-order valence-corrected chi connectivity index (χ4v) is 3.15. The number of hydrogen-bond donors (Lipinski definition) is 2. The number of nitrogens with one attached hydrogen (secondary N) is 2. The molecule has 140 valence electrons. The molecule has 2 aromatic carbocycles. The summed E-state index contributed by atoms with van der Waals surface area (Å²) in [4.78, 5) is 46.0. The number of aromatic amines is 2. The Labute approximate surface area is 158 Å². The Bertz CT molecular complexity index is 1310. The third-order valence-electron chi connectivity index (χ3n) is 4.57. The number of hydrogen-bond acceptors (Lipinski definition) is 5. The number of rotatable bonds is 4. The van der Waals surface area contributed by atoms with E-state index >= 15 is 0 Å². The summed E-state index contributed by atoms with van der Waals surface area (Å²) >= 11 is 0. The Morgan fingerprint density at radius 1 is 0.964 bits per heavy atom. The van der Waals surface area contributed by atoms with Crippen LogP contribution in [0.5, 0.6) is 0 Å². The van der Waals surface area contributed by atoms with Crippen molar-refractivity contribution in [3.63, 3.8) is 0 Å². The number of nitrogens with zero attached hydrogens (tertiary/aromatic N) is 3. The molecule has 4 aromatic rings. The highest BCUT2D eigenvalue weighted by Gasteiger charge is 2.21. The van der Waals surface area contributed by atoms with Gasteiger partial charge in [-0.1, -0.05) is 30.3 Å². The van der Waals surface area contributed by atoms with Crippen LogP contribution in [0.4, 0.5) is 0 Å². The molecular formula is C20H17N5O3. The summed E-state index contributed by atoms with van der Waals surface area (Å²) in [5, 5.41) is 7.71. The first-order valence-corrected chi connectivity index (χ1v) is 8.83. The Balaban J connectivity index is 1.72. The van der Waals surface area contributed by atoms with Crippen LogP contribution in [0, 0.1) is 0 Å². The van der Waals surface area contributed by atoms with Gasteiger partial charge < -0.3 is 9.88 Å². The minimum absolute atomic E-state index is 0.116. The zero-order valence-electron chi connectivity index (χ0n) is 15.1. The van der Waals surface area contributed by atoms with Crippen LogP contribution in [-0.2, 0) is 6.54 Å². The Morgan fingerprint density at radius 3 is 2.39 bits per heavy atom. The van der Waals surface area contributed by atoms with E-state index in [4.69, 9.17) is 0 Å². The number of aromatic nitrogens is 4. The molecule has 8 nitrogen and oxygen atoms in total. The molecule has 0 aliphatic rings. The molecular weight excluding hydrogens is 358 g/mol. The second kappa shape index (κ2) is 7.07. The van der Waals surface area contributed by atoms with Crippen LogP contribution in [0.2, 0.25) is 0 Å². The Kier molecular flexibility index (Phi) is 4.44. The number of fused-ring (bicyclic) bond motifs is 2. The highest BCUT2D eigenvalue weighted by atomic mass is 16.2. The van der Waals surface area contributed by atoms with Crippen LogP contribution in [0.25, 0.3) is 21.7 Å². The zero-order valence-corrected chi connectivity index (χ0v) is 15.1. The minimum Gasteiger partial charge on any atom is -0.330 e. The summed E-state index contributed by atoms with van der Waals surface area (Å²) in [5.74, 6) is 0.0263. The van der Waals surface area contributed by atoms with E-state index in [1.165, 1.54) is 4.90 Å². The molecule has 0 radical (unpaired) electrons. The first-order valence-electron chi connectivity index (χ1n) is 8.83. The quantitative estimate of drug-likeness (QED) is 0.565. The van der Waals surface area contributed by atoms with Gasteiger partial charge in [-0.2, -0.15) is 5.10 Å². The van der Waals surface area contributed by atoms with Gasteiger partial charge in [-0.3, -0.25) is 14.4 Å². The zero-order chi connectivity index (χ0) is 19.7. The molecule has 0 fully saturated rings. The molecule has 0 spiro atoms. The smallest absolute Gasteiger partial charge is 0.275 e. The summed E-state index contributed by atoms with van der Waals surface area (Å²) in [7, 11) is 0. The molecule has 8 heteroatoms. The molecule has 0 aliphatic heterocycles. The maximum atomic E-state index is 13.1. The van der Waals surface area contributed by atoms with Crippen molar-refractivity contribution in [3.8, 4) is 0 Å². The highest BCUT2D eigenvalue weighted by molar-refractivity contribution is 6.04. The van der Waals surface area contributed by atoms with Crippen molar-refractivity contribution in [1.82, 2.24) is 25.1 Å². The molecule has 2 aromatic heterocycles. The van der Waals surface area contributed by atoms with Gasteiger partial charge in [0.05, 0.1) is 22.8 Å². The van der Waals surface area contributed by atoms with E-state index in [2.05, 4.69) is 20.2 Å². The van der Waals surface area contributed by atoms with Crippen molar-refractivity contribution >= 4 is 27.6 Å². The summed E-state index contributed by atoms with van der Waals surface area (Å²) in [6, 6.07) is 13.8. The van der Waals surface area contributed by atoms with E-state index in [1.54, 1.807) is 48.5 Å². The lowest BCUT2D eigenvalue weighted by molar-refractivity contribution is 0.0743. The second-order valence-electron chi connectivity index (χ2n) is 6.30.